The zero-order valence-corrected chi connectivity index (χ0v) is 17.0. The van der Waals surface area contributed by atoms with E-state index in [1.54, 1.807) is 25.4 Å². The molecule has 1 aliphatic rings. The second-order valence-corrected chi connectivity index (χ2v) is 6.86. The van der Waals surface area contributed by atoms with Crippen molar-refractivity contribution in [3.63, 3.8) is 0 Å². The lowest BCUT2D eigenvalue weighted by Crippen LogP contribution is -2.47. The molecule has 0 spiro atoms. The van der Waals surface area contributed by atoms with Crippen molar-refractivity contribution in [1.29, 1.82) is 0 Å². The van der Waals surface area contributed by atoms with Crippen LogP contribution in [-0.2, 0) is 0 Å². The molecule has 0 unspecified atom stereocenters. The molecule has 0 radical (unpaired) electrons. The second kappa shape index (κ2) is 10.5. The van der Waals surface area contributed by atoms with Gasteiger partial charge in [-0.2, -0.15) is 0 Å². The Morgan fingerprint density at radius 1 is 1.23 bits per heavy atom. The van der Waals surface area contributed by atoms with Crippen LogP contribution in [0.4, 0.5) is 11.6 Å². The topological polar surface area (TPSA) is 114 Å². The summed E-state index contributed by atoms with van der Waals surface area (Å²) in [5.41, 5.74) is 0.0476. The number of piperazine rings is 1. The molecule has 160 valence electrons. The summed E-state index contributed by atoms with van der Waals surface area (Å²) in [5, 5.41) is 14.0. The lowest BCUT2D eigenvalue weighted by atomic mass is 10.1. The monoisotopic (exact) mass is 414 g/mol. The summed E-state index contributed by atoms with van der Waals surface area (Å²) in [6.45, 7) is 7.00. The standard InChI is InChI=1S/C20H26N6O4/c1-2-30-18-6-5-16(15-17(18)26(28)29)19(27)21-9-4-10-24-11-13-25(14-12-24)20-22-7-3-8-23-20/h3,5-8,15H,2,4,9-14H2,1H3,(H,21,27). The molecule has 2 heterocycles. The van der Waals surface area contributed by atoms with Gasteiger partial charge in [-0.05, 0) is 38.1 Å². The number of amides is 1. The number of carbonyl (C=O) groups is 1. The fraction of sp³-hybridized carbons (Fsp3) is 0.450. The van der Waals surface area contributed by atoms with Crippen molar-refractivity contribution in [3.05, 3.63) is 52.3 Å². The summed E-state index contributed by atoms with van der Waals surface area (Å²) < 4.78 is 5.24. The van der Waals surface area contributed by atoms with E-state index in [2.05, 4.69) is 25.1 Å². The third kappa shape index (κ3) is 5.63. The van der Waals surface area contributed by atoms with Crippen molar-refractivity contribution < 1.29 is 14.5 Å². The van der Waals surface area contributed by atoms with E-state index in [0.717, 1.165) is 45.1 Å². The van der Waals surface area contributed by atoms with Gasteiger partial charge in [0.2, 0.25) is 5.95 Å². The van der Waals surface area contributed by atoms with Gasteiger partial charge in [-0.15, -0.1) is 0 Å². The zero-order chi connectivity index (χ0) is 21.3. The number of benzene rings is 1. The minimum absolute atomic E-state index is 0.166. The number of nitro benzene ring substituents is 1. The molecule has 1 amide bonds. The minimum atomic E-state index is -0.540. The second-order valence-electron chi connectivity index (χ2n) is 6.86. The fourth-order valence-corrected chi connectivity index (χ4v) is 3.31. The lowest BCUT2D eigenvalue weighted by molar-refractivity contribution is -0.385. The highest BCUT2D eigenvalue weighted by Crippen LogP contribution is 2.27. The quantitative estimate of drug-likeness (QED) is 0.375. The maximum atomic E-state index is 12.3. The first-order chi connectivity index (χ1) is 14.6. The van der Waals surface area contributed by atoms with Crippen molar-refractivity contribution in [2.45, 2.75) is 13.3 Å². The molecule has 2 aromatic rings. The Kier molecular flexibility index (Phi) is 7.50. The molecule has 1 aliphatic heterocycles. The van der Waals surface area contributed by atoms with Crippen LogP contribution in [0.15, 0.2) is 36.7 Å². The van der Waals surface area contributed by atoms with Crippen molar-refractivity contribution in [1.82, 2.24) is 20.2 Å². The van der Waals surface area contributed by atoms with Crippen molar-refractivity contribution in [3.8, 4) is 5.75 Å². The van der Waals surface area contributed by atoms with E-state index in [9.17, 15) is 14.9 Å². The zero-order valence-electron chi connectivity index (χ0n) is 17.0. The van der Waals surface area contributed by atoms with Crippen LogP contribution in [0.5, 0.6) is 5.75 Å². The molecule has 30 heavy (non-hydrogen) atoms. The molecule has 0 aliphatic carbocycles. The smallest absolute Gasteiger partial charge is 0.311 e. The summed E-state index contributed by atoms with van der Waals surface area (Å²) in [5.74, 6) is 0.597. The lowest BCUT2D eigenvalue weighted by Gasteiger charge is -2.34. The number of carbonyl (C=O) groups excluding carboxylic acids is 1. The van der Waals surface area contributed by atoms with Gasteiger partial charge in [-0.1, -0.05) is 0 Å². The number of ether oxygens (including phenoxy) is 1. The molecule has 10 nitrogen and oxygen atoms in total. The van der Waals surface area contributed by atoms with Gasteiger partial charge >= 0.3 is 5.69 Å². The summed E-state index contributed by atoms with van der Waals surface area (Å²) in [6, 6.07) is 6.06. The minimum Gasteiger partial charge on any atom is -0.487 e. The summed E-state index contributed by atoms with van der Waals surface area (Å²) in [4.78, 5) is 36.1. The SMILES string of the molecule is CCOc1ccc(C(=O)NCCCN2CCN(c3ncccn3)CC2)cc1[N+](=O)[O-]. The first-order valence-corrected chi connectivity index (χ1v) is 10.0. The van der Waals surface area contributed by atoms with E-state index in [0.29, 0.717) is 13.2 Å². The van der Waals surface area contributed by atoms with Crippen molar-refractivity contribution >= 4 is 17.5 Å². The largest absolute Gasteiger partial charge is 0.487 e. The predicted octanol–water partition coefficient (Wildman–Crippen LogP) is 1.73. The van der Waals surface area contributed by atoms with Crippen molar-refractivity contribution in [2.75, 3.05) is 50.8 Å². The van der Waals surface area contributed by atoms with Gasteiger partial charge in [0.1, 0.15) is 0 Å². The first-order valence-electron chi connectivity index (χ1n) is 10.0. The summed E-state index contributed by atoms with van der Waals surface area (Å²) >= 11 is 0. The van der Waals surface area contributed by atoms with E-state index in [1.807, 2.05) is 0 Å². The first kappa shape index (κ1) is 21.4. The molecule has 0 atom stereocenters. The number of hydrogen-bond donors (Lipinski definition) is 1. The van der Waals surface area contributed by atoms with Gasteiger partial charge in [-0.25, -0.2) is 9.97 Å². The van der Waals surface area contributed by atoms with E-state index < -0.39 is 4.92 Å². The highest BCUT2D eigenvalue weighted by molar-refractivity contribution is 5.95. The molecular formula is C20H26N6O4. The van der Waals surface area contributed by atoms with Crippen LogP contribution in [-0.4, -0.2) is 71.6 Å². The van der Waals surface area contributed by atoms with E-state index >= 15 is 0 Å². The highest BCUT2D eigenvalue weighted by Gasteiger charge is 2.20. The highest BCUT2D eigenvalue weighted by atomic mass is 16.6. The molecule has 1 fully saturated rings. The Morgan fingerprint density at radius 3 is 2.63 bits per heavy atom. The van der Waals surface area contributed by atoms with E-state index in [4.69, 9.17) is 4.74 Å². The third-order valence-corrected chi connectivity index (χ3v) is 4.86. The third-order valence-electron chi connectivity index (χ3n) is 4.86. The molecular weight excluding hydrogens is 388 g/mol. The van der Waals surface area contributed by atoms with Gasteiger partial charge in [0.05, 0.1) is 11.5 Å². The number of nitrogens with one attached hydrogen (secondary N) is 1. The predicted molar refractivity (Wildman–Crippen MR) is 112 cm³/mol. The fourth-order valence-electron chi connectivity index (χ4n) is 3.31. The maximum absolute atomic E-state index is 12.3. The van der Waals surface area contributed by atoms with Crippen LogP contribution in [0.25, 0.3) is 0 Å². The average Bonchev–Trinajstić information content (AvgIpc) is 2.78. The number of aromatic nitrogens is 2. The van der Waals surface area contributed by atoms with Gasteiger partial charge in [0.15, 0.2) is 5.75 Å². The molecule has 0 bridgehead atoms. The summed E-state index contributed by atoms with van der Waals surface area (Å²) in [6.07, 6.45) is 4.29. The van der Waals surface area contributed by atoms with Crippen LogP contribution in [0.3, 0.4) is 0 Å². The maximum Gasteiger partial charge on any atom is 0.311 e. The van der Waals surface area contributed by atoms with Gasteiger partial charge in [-0.3, -0.25) is 19.8 Å². The van der Waals surface area contributed by atoms with Crippen LogP contribution >= 0.6 is 0 Å². The van der Waals surface area contributed by atoms with Crippen LogP contribution < -0.4 is 15.0 Å². The van der Waals surface area contributed by atoms with Gasteiger partial charge < -0.3 is 15.0 Å². The molecule has 1 N–H and O–H groups in total. The molecule has 0 saturated carbocycles. The van der Waals surface area contributed by atoms with Crippen molar-refractivity contribution in [2.24, 2.45) is 0 Å². The Bertz CT molecular complexity index is 856. The molecule has 10 heteroatoms. The number of anilines is 1. The Morgan fingerprint density at radius 2 is 1.97 bits per heavy atom. The normalized spacial score (nSPS) is 14.4. The van der Waals surface area contributed by atoms with E-state index in [-0.39, 0.29) is 22.9 Å². The Balaban J connectivity index is 1.41. The summed E-state index contributed by atoms with van der Waals surface area (Å²) in [7, 11) is 0. The number of hydrogen-bond acceptors (Lipinski definition) is 8. The van der Waals surface area contributed by atoms with E-state index in [1.165, 1.54) is 18.2 Å². The average molecular weight is 414 g/mol. The molecule has 1 saturated heterocycles. The molecule has 1 aromatic carbocycles. The number of nitro groups is 1. The van der Waals surface area contributed by atoms with Crippen LogP contribution in [0.2, 0.25) is 0 Å². The number of rotatable bonds is 9. The van der Waals surface area contributed by atoms with Gasteiger partial charge in [0.25, 0.3) is 5.91 Å². The Hall–Kier alpha value is -3.27. The number of nitrogens with zero attached hydrogens (tertiary/aromatic N) is 5. The Labute approximate surface area is 175 Å². The molecule has 3 rings (SSSR count). The molecule has 1 aromatic heterocycles. The van der Waals surface area contributed by atoms with Crippen LogP contribution in [0, 0.1) is 10.1 Å². The van der Waals surface area contributed by atoms with Gasteiger partial charge in [0, 0.05) is 56.7 Å². The van der Waals surface area contributed by atoms with Crippen LogP contribution in [0.1, 0.15) is 23.7 Å².